The van der Waals surface area contributed by atoms with E-state index in [0.717, 1.165) is 83.8 Å². The first-order chi connectivity index (χ1) is 36.5. The van der Waals surface area contributed by atoms with Crippen molar-refractivity contribution < 1.29 is 32.7 Å². The standard InChI is InChI=1S/C57H77N11O7S2/c1-38-34-59-55(64-52(38)61-43-16-15-17-46(32-43)77(74,75)65-57(6,7)8)62-42-24-26-44(27-25-42)66-28-30-67(31-29-66)49(71)19-14-12-10-9-11-13-18-48(70)63-51(56(3,4)5)54(73)68-36-45(69)33-47(68)53(72)58-35-40-20-22-41(23-21-40)50-39(2)60-37-76-50/h15-17,20-27,32,34,37,45,47,51,65,69H,9-14,18-19,28-31,33,35-36H2,1-8H3,(H,58,72)(H,63,70)(H2,59,61,62,64)/t45-,47+,51-/m1/s1. The Balaban J connectivity index is 0.770. The number of benzene rings is 3. The first-order valence-electron chi connectivity index (χ1n) is 26.7. The summed E-state index contributed by atoms with van der Waals surface area (Å²) in [4.78, 5) is 74.3. The number of thiazole rings is 1. The number of anilines is 5. The fraction of sp³-hybridized carbons (Fsp3) is 0.491. The van der Waals surface area contributed by atoms with Crippen molar-refractivity contribution in [1.82, 2.24) is 40.1 Å². The molecule has 0 aliphatic carbocycles. The predicted octanol–water partition coefficient (Wildman–Crippen LogP) is 8.36. The number of sulfonamides is 1. The number of hydrogen-bond donors (Lipinski definition) is 6. The fourth-order valence-corrected chi connectivity index (χ4v) is 11.8. The summed E-state index contributed by atoms with van der Waals surface area (Å²) in [5.74, 6) is 0.155. The van der Waals surface area contributed by atoms with E-state index in [1.54, 1.807) is 62.6 Å². The number of aliphatic hydroxyl groups excluding tert-OH is 1. The van der Waals surface area contributed by atoms with E-state index in [4.69, 9.17) is 0 Å². The summed E-state index contributed by atoms with van der Waals surface area (Å²) in [7, 11) is -3.72. The third-order valence-electron chi connectivity index (χ3n) is 13.7. The second-order valence-electron chi connectivity index (χ2n) is 22.3. The van der Waals surface area contributed by atoms with E-state index in [2.05, 4.69) is 45.8 Å². The number of unbranched alkanes of at least 4 members (excludes halogenated alkanes) is 5. The molecular formula is C57H77N11O7S2. The number of amides is 4. The number of carbonyl (C=O) groups is 4. The van der Waals surface area contributed by atoms with Crippen LogP contribution < -0.4 is 30.9 Å². The molecule has 3 aromatic carbocycles. The molecule has 0 unspecified atom stereocenters. The van der Waals surface area contributed by atoms with E-state index in [1.165, 1.54) is 4.90 Å². The topological polar surface area (TPSA) is 231 Å². The number of piperazine rings is 1. The number of likely N-dealkylation sites (tertiary alicyclic amines) is 1. The lowest BCUT2D eigenvalue weighted by molar-refractivity contribution is -0.144. The first-order valence-corrected chi connectivity index (χ1v) is 29.1. The number of hydrogen-bond acceptors (Lipinski definition) is 14. The Hall–Kier alpha value is -6.48. The Morgan fingerprint density at radius 2 is 1.48 bits per heavy atom. The quantitative estimate of drug-likeness (QED) is 0.0358. The molecule has 2 fully saturated rings. The summed E-state index contributed by atoms with van der Waals surface area (Å²) in [5.41, 5.74) is 6.72. The van der Waals surface area contributed by atoms with Gasteiger partial charge in [0, 0.05) is 92.9 Å². The number of aliphatic hydroxyl groups is 1. The number of carbonyl (C=O) groups excluding carboxylic acids is 4. The van der Waals surface area contributed by atoms with E-state index in [1.807, 2.05) is 93.6 Å². The molecule has 20 heteroatoms. The predicted molar refractivity (Wildman–Crippen MR) is 304 cm³/mol. The van der Waals surface area contributed by atoms with E-state index >= 15 is 0 Å². The van der Waals surface area contributed by atoms with Gasteiger partial charge in [0.15, 0.2) is 0 Å². The molecule has 6 N–H and O–H groups in total. The molecule has 0 bridgehead atoms. The molecule has 77 heavy (non-hydrogen) atoms. The van der Waals surface area contributed by atoms with Gasteiger partial charge in [0.2, 0.25) is 39.6 Å². The normalized spacial score (nSPS) is 16.5. The number of rotatable bonds is 22. The molecule has 0 radical (unpaired) electrons. The van der Waals surface area contributed by atoms with Gasteiger partial charge in [-0.25, -0.2) is 23.1 Å². The molecule has 5 aromatic rings. The Kier molecular flexibility index (Phi) is 19.5. The van der Waals surface area contributed by atoms with Gasteiger partial charge < -0.3 is 41.1 Å². The summed E-state index contributed by atoms with van der Waals surface area (Å²) in [6, 6.07) is 20.8. The SMILES string of the molecule is Cc1cnc(Nc2ccc(N3CCN(C(=O)CCCCCCCCC(=O)N[C@H](C(=O)N4C[C@H](O)C[C@H]4C(=O)NCc4ccc(-c5scnc5C)cc4)C(C)(C)C)CC3)cc2)nc1Nc1cccc(S(=O)(=O)NC(C)(C)C)c1. The lowest BCUT2D eigenvalue weighted by Crippen LogP contribution is -2.57. The maximum atomic E-state index is 14.1. The molecule has 2 saturated heterocycles. The molecule has 2 aliphatic rings. The summed E-state index contributed by atoms with van der Waals surface area (Å²) < 4.78 is 28.6. The summed E-state index contributed by atoms with van der Waals surface area (Å²) >= 11 is 1.58. The maximum absolute atomic E-state index is 14.1. The van der Waals surface area contributed by atoms with Crippen LogP contribution in [0.1, 0.15) is 116 Å². The highest BCUT2D eigenvalue weighted by Gasteiger charge is 2.44. The summed E-state index contributed by atoms with van der Waals surface area (Å²) in [6.07, 6.45) is 6.91. The van der Waals surface area contributed by atoms with E-state index in [9.17, 15) is 32.7 Å². The van der Waals surface area contributed by atoms with Gasteiger partial charge in [-0.15, -0.1) is 11.3 Å². The average molecular weight is 1090 g/mol. The zero-order valence-electron chi connectivity index (χ0n) is 45.8. The van der Waals surface area contributed by atoms with Crippen molar-refractivity contribution in [3.05, 3.63) is 101 Å². The third kappa shape index (κ3) is 16.5. The highest BCUT2D eigenvalue weighted by atomic mass is 32.2. The molecular weight excluding hydrogens is 1010 g/mol. The number of aromatic nitrogens is 3. The van der Waals surface area contributed by atoms with Gasteiger partial charge in [0.1, 0.15) is 17.9 Å². The highest BCUT2D eigenvalue weighted by molar-refractivity contribution is 7.89. The lowest BCUT2D eigenvalue weighted by atomic mass is 9.85. The van der Waals surface area contributed by atoms with Crippen molar-refractivity contribution in [2.24, 2.45) is 5.41 Å². The zero-order chi connectivity index (χ0) is 55.5. The molecule has 7 rings (SSSR count). The van der Waals surface area contributed by atoms with Crippen molar-refractivity contribution in [2.75, 3.05) is 48.3 Å². The van der Waals surface area contributed by atoms with Crippen LogP contribution in [-0.2, 0) is 35.7 Å². The molecule has 4 heterocycles. The van der Waals surface area contributed by atoms with Crippen LogP contribution in [0.2, 0.25) is 0 Å². The molecule has 4 amide bonds. The van der Waals surface area contributed by atoms with Crippen LogP contribution in [0.25, 0.3) is 10.4 Å². The Bertz CT molecular complexity index is 2930. The van der Waals surface area contributed by atoms with Gasteiger partial charge in [0.05, 0.1) is 27.1 Å². The minimum absolute atomic E-state index is 0.0177. The molecule has 2 aromatic heterocycles. The van der Waals surface area contributed by atoms with E-state index < -0.39 is 39.2 Å². The van der Waals surface area contributed by atoms with Crippen LogP contribution in [0.5, 0.6) is 0 Å². The second kappa shape index (κ2) is 25.8. The van der Waals surface area contributed by atoms with Gasteiger partial charge >= 0.3 is 0 Å². The Labute approximate surface area is 458 Å². The fourth-order valence-electron chi connectivity index (χ4n) is 9.51. The molecule has 0 saturated carbocycles. The molecule has 18 nitrogen and oxygen atoms in total. The van der Waals surface area contributed by atoms with Gasteiger partial charge in [-0.05, 0) is 106 Å². The highest BCUT2D eigenvalue weighted by Crippen LogP contribution is 2.30. The minimum Gasteiger partial charge on any atom is -0.391 e. The summed E-state index contributed by atoms with van der Waals surface area (Å²) in [6.45, 7) is 17.9. The molecule has 414 valence electrons. The first kappa shape index (κ1) is 58.2. The van der Waals surface area contributed by atoms with E-state index in [0.29, 0.717) is 43.4 Å². The van der Waals surface area contributed by atoms with Gasteiger partial charge in [0.25, 0.3) is 0 Å². The van der Waals surface area contributed by atoms with Crippen molar-refractivity contribution in [3.63, 3.8) is 0 Å². The van der Waals surface area contributed by atoms with Crippen LogP contribution in [0.3, 0.4) is 0 Å². The van der Waals surface area contributed by atoms with Crippen molar-refractivity contribution in [2.45, 2.75) is 148 Å². The lowest BCUT2D eigenvalue weighted by Gasteiger charge is -2.36. The largest absolute Gasteiger partial charge is 0.391 e. The minimum atomic E-state index is -3.72. The number of nitrogens with one attached hydrogen (secondary N) is 5. The Morgan fingerprint density at radius 3 is 2.13 bits per heavy atom. The van der Waals surface area contributed by atoms with E-state index in [-0.39, 0.29) is 54.5 Å². The van der Waals surface area contributed by atoms with Crippen LogP contribution in [-0.4, -0.2) is 118 Å². The van der Waals surface area contributed by atoms with Crippen LogP contribution in [0.15, 0.2) is 89.4 Å². The van der Waals surface area contributed by atoms with Crippen molar-refractivity contribution in [3.8, 4) is 10.4 Å². The number of nitrogens with zero attached hydrogens (tertiary/aromatic N) is 6. The smallest absolute Gasteiger partial charge is 0.246 e. The average Bonchev–Trinajstić information content (AvgIpc) is 4.01. The van der Waals surface area contributed by atoms with Crippen LogP contribution >= 0.6 is 11.3 Å². The van der Waals surface area contributed by atoms with Crippen LogP contribution in [0.4, 0.5) is 28.8 Å². The second-order valence-corrected chi connectivity index (χ2v) is 24.9. The third-order valence-corrected chi connectivity index (χ3v) is 16.4. The monoisotopic (exact) mass is 1090 g/mol. The number of β-amino-alcohol motifs (C(OH)–C–C–N with tert-alkyl or cyclic N) is 1. The van der Waals surface area contributed by atoms with Crippen molar-refractivity contribution in [1.29, 1.82) is 0 Å². The van der Waals surface area contributed by atoms with Gasteiger partial charge in [-0.3, -0.25) is 19.2 Å². The Morgan fingerprint density at radius 1 is 0.805 bits per heavy atom. The molecule has 3 atom stereocenters. The van der Waals surface area contributed by atoms with Crippen molar-refractivity contribution >= 4 is 73.8 Å². The van der Waals surface area contributed by atoms with Crippen LogP contribution in [0, 0.1) is 19.3 Å². The zero-order valence-corrected chi connectivity index (χ0v) is 47.5. The number of aryl methyl sites for hydroxylation is 2. The van der Waals surface area contributed by atoms with Gasteiger partial charge in [-0.1, -0.05) is 76.8 Å². The molecule has 0 spiro atoms. The van der Waals surface area contributed by atoms with Gasteiger partial charge in [-0.2, -0.15) is 4.98 Å². The molecule has 2 aliphatic heterocycles. The summed E-state index contributed by atoms with van der Waals surface area (Å²) in [5, 5.41) is 23.0. The maximum Gasteiger partial charge on any atom is 0.246 e.